The minimum absolute atomic E-state index is 0.164. The second-order valence-corrected chi connectivity index (χ2v) is 11.0. The number of amides is 2. The average Bonchev–Trinajstić information content (AvgIpc) is 2.92. The molecule has 3 aromatic rings. The van der Waals surface area contributed by atoms with Gasteiger partial charge < -0.3 is 19.5 Å². The summed E-state index contributed by atoms with van der Waals surface area (Å²) in [5.41, 5.74) is 5.10. The molecule has 0 spiro atoms. The lowest BCUT2D eigenvalue weighted by atomic mass is 10.0. The zero-order valence-electron chi connectivity index (χ0n) is 23.6. The van der Waals surface area contributed by atoms with Crippen LogP contribution in [0.1, 0.15) is 43.9 Å². The lowest BCUT2D eigenvalue weighted by molar-refractivity contribution is -0.130. The Labute approximate surface area is 254 Å². The number of carbonyl (C=O) groups excluding carboxylic acids is 2. The van der Waals surface area contributed by atoms with Gasteiger partial charge in [-0.15, -0.1) is 0 Å². The largest absolute Gasteiger partial charge is 0.490 e. The number of nitrogens with zero attached hydrogens (tertiary/aromatic N) is 1. The molecular weight excluding hydrogens is 610 g/mol. The van der Waals surface area contributed by atoms with Crippen molar-refractivity contribution in [2.24, 2.45) is 11.0 Å². The summed E-state index contributed by atoms with van der Waals surface area (Å²) in [6.07, 6.45) is 1.95. The van der Waals surface area contributed by atoms with Gasteiger partial charge in [0.05, 0.1) is 17.3 Å². The van der Waals surface area contributed by atoms with Crippen molar-refractivity contribution >= 4 is 45.6 Å². The average molecular weight is 645 g/mol. The van der Waals surface area contributed by atoms with Crippen molar-refractivity contribution in [2.45, 2.75) is 46.8 Å². The molecule has 0 saturated heterocycles. The third kappa shape index (κ3) is 10.4. The Morgan fingerprint density at radius 2 is 1.76 bits per heavy atom. The van der Waals surface area contributed by atoms with Crippen LogP contribution in [0.2, 0.25) is 5.02 Å². The van der Waals surface area contributed by atoms with Crippen LogP contribution >= 0.6 is 27.5 Å². The number of ether oxygens (including phenoxy) is 3. The van der Waals surface area contributed by atoms with E-state index in [1.807, 2.05) is 76.2 Å². The van der Waals surface area contributed by atoms with E-state index in [-0.39, 0.29) is 12.5 Å². The van der Waals surface area contributed by atoms with Gasteiger partial charge in [-0.3, -0.25) is 9.59 Å². The number of para-hydroxylation sites is 1. The number of nitrogens with one attached hydrogen (secondary N) is 2. The van der Waals surface area contributed by atoms with Crippen LogP contribution in [0.25, 0.3) is 0 Å². The Kier molecular flexibility index (Phi) is 12.5. The van der Waals surface area contributed by atoms with Crippen molar-refractivity contribution in [3.8, 4) is 17.2 Å². The van der Waals surface area contributed by atoms with E-state index in [9.17, 15) is 9.59 Å². The summed E-state index contributed by atoms with van der Waals surface area (Å²) in [4.78, 5) is 25.5. The predicted octanol–water partition coefficient (Wildman–Crippen LogP) is 6.45. The number of rotatable bonds is 14. The molecule has 0 bridgehead atoms. The Morgan fingerprint density at radius 1 is 1.02 bits per heavy atom. The molecule has 0 aliphatic heterocycles. The molecule has 2 N–H and O–H groups in total. The fourth-order valence-corrected chi connectivity index (χ4v) is 4.55. The number of halogens is 2. The van der Waals surface area contributed by atoms with Crippen LogP contribution < -0.4 is 25.0 Å². The summed E-state index contributed by atoms with van der Waals surface area (Å²) in [5, 5.41) is 7.54. The predicted molar refractivity (Wildman–Crippen MR) is 165 cm³/mol. The first-order valence-electron chi connectivity index (χ1n) is 13.3. The molecule has 10 heteroatoms. The topological polar surface area (TPSA) is 98.2 Å². The van der Waals surface area contributed by atoms with Gasteiger partial charge in [-0.1, -0.05) is 55.8 Å². The van der Waals surface area contributed by atoms with E-state index in [2.05, 4.69) is 31.8 Å². The van der Waals surface area contributed by atoms with Crippen LogP contribution in [-0.4, -0.2) is 37.3 Å². The number of hydrazone groups is 1. The first kappa shape index (κ1) is 32.0. The molecule has 1 atom stereocenters. The Morgan fingerprint density at radius 3 is 2.44 bits per heavy atom. The van der Waals surface area contributed by atoms with Crippen LogP contribution in [0.3, 0.4) is 0 Å². The molecule has 0 saturated carbocycles. The smallest absolute Gasteiger partial charge is 0.262 e. The second kappa shape index (κ2) is 16.0. The first-order valence-corrected chi connectivity index (χ1v) is 14.5. The summed E-state index contributed by atoms with van der Waals surface area (Å²) >= 11 is 9.52. The quantitative estimate of drug-likeness (QED) is 0.155. The van der Waals surface area contributed by atoms with E-state index in [4.69, 9.17) is 25.8 Å². The van der Waals surface area contributed by atoms with Crippen LogP contribution in [0, 0.1) is 12.8 Å². The van der Waals surface area contributed by atoms with E-state index in [0.717, 1.165) is 11.1 Å². The minimum Gasteiger partial charge on any atom is -0.490 e. The monoisotopic (exact) mass is 643 g/mol. The van der Waals surface area contributed by atoms with E-state index in [1.54, 1.807) is 12.1 Å². The van der Waals surface area contributed by atoms with Crippen molar-refractivity contribution in [2.75, 3.05) is 13.2 Å². The Balaban J connectivity index is 1.63. The first-order chi connectivity index (χ1) is 19.7. The van der Waals surface area contributed by atoms with E-state index < -0.39 is 17.9 Å². The van der Waals surface area contributed by atoms with Crippen molar-refractivity contribution in [1.29, 1.82) is 0 Å². The zero-order valence-corrected chi connectivity index (χ0v) is 25.9. The number of benzene rings is 3. The highest BCUT2D eigenvalue weighted by Gasteiger charge is 2.22. The molecule has 41 heavy (non-hydrogen) atoms. The molecule has 3 aromatic carbocycles. The normalized spacial score (nSPS) is 11.8. The van der Waals surface area contributed by atoms with Gasteiger partial charge in [-0.05, 0) is 89.1 Å². The molecule has 0 heterocycles. The van der Waals surface area contributed by atoms with Crippen LogP contribution in [0.4, 0.5) is 0 Å². The highest BCUT2D eigenvalue weighted by molar-refractivity contribution is 9.10. The Hall–Kier alpha value is -3.56. The van der Waals surface area contributed by atoms with Crippen LogP contribution in [-0.2, 0) is 16.2 Å². The highest BCUT2D eigenvalue weighted by Crippen LogP contribution is 2.37. The Bertz CT molecular complexity index is 1350. The highest BCUT2D eigenvalue weighted by atomic mass is 79.9. The molecule has 0 fully saturated rings. The summed E-state index contributed by atoms with van der Waals surface area (Å²) in [6, 6.07) is 17.7. The van der Waals surface area contributed by atoms with Crippen LogP contribution in [0.15, 0.2) is 70.2 Å². The van der Waals surface area contributed by atoms with Gasteiger partial charge in [0, 0.05) is 5.02 Å². The SMILES string of the molecule is CCOc1cc(/C=N\NC(=O)[C@@H](CC(C)C)NC(=O)COc2ccccc2C)cc(Br)c1OCc1ccc(Cl)cc1. The van der Waals surface area contributed by atoms with E-state index in [1.165, 1.54) is 6.21 Å². The summed E-state index contributed by atoms with van der Waals surface area (Å²) in [7, 11) is 0. The summed E-state index contributed by atoms with van der Waals surface area (Å²) in [6.45, 7) is 8.30. The number of aryl methyl sites for hydroxylation is 1. The van der Waals surface area contributed by atoms with Gasteiger partial charge in [-0.2, -0.15) is 5.10 Å². The maximum Gasteiger partial charge on any atom is 0.262 e. The molecule has 0 unspecified atom stereocenters. The van der Waals surface area contributed by atoms with Crippen molar-refractivity contribution < 1.29 is 23.8 Å². The summed E-state index contributed by atoms with van der Waals surface area (Å²) in [5.74, 6) is 1.05. The van der Waals surface area contributed by atoms with E-state index >= 15 is 0 Å². The zero-order chi connectivity index (χ0) is 29.8. The van der Waals surface area contributed by atoms with Crippen LogP contribution in [0.5, 0.6) is 17.2 Å². The van der Waals surface area contributed by atoms with Gasteiger partial charge in [0.1, 0.15) is 18.4 Å². The lowest BCUT2D eigenvalue weighted by Gasteiger charge is -2.19. The molecule has 218 valence electrons. The number of hydrogen-bond donors (Lipinski definition) is 2. The second-order valence-electron chi connectivity index (χ2n) is 9.72. The molecule has 0 aliphatic carbocycles. The van der Waals surface area contributed by atoms with Gasteiger partial charge in [0.15, 0.2) is 18.1 Å². The minimum atomic E-state index is -0.769. The fourth-order valence-electron chi connectivity index (χ4n) is 3.85. The van der Waals surface area contributed by atoms with Gasteiger partial charge in [-0.25, -0.2) is 5.43 Å². The molecule has 3 rings (SSSR count). The fraction of sp³-hybridized carbons (Fsp3) is 0.323. The standard InChI is InChI=1S/C31H35BrClN3O5/c1-5-39-28-16-23(15-25(32)30(28)41-18-22-10-12-24(33)13-11-22)17-34-36-31(38)26(14-20(2)3)35-29(37)19-40-27-9-7-6-8-21(27)4/h6-13,15-17,20,26H,5,14,18-19H2,1-4H3,(H,35,37)(H,36,38)/b34-17-/t26-/m1/s1. The third-order valence-electron chi connectivity index (χ3n) is 5.83. The maximum absolute atomic E-state index is 12.9. The van der Waals surface area contributed by atoms with Gasteiger partial charge in [0.2, 0.25) is 0 Å². The van der Waals surface area contributed by atoms with Crippen molar-refractivity contribution in [3.63, 3.8) is 0 Å². The molecular formula is C31H35BrClN3O5. The number of hydrogen-bond acceptors (Lipinski definition) is 6. The van der Waals surface area contributed by atoms with Gasteiger partial charge in [0.25, 0.3) is 11.8 Å². The maximum atomic E-state index is 12.9. The summed E-state index contributed by atoms with van der Waals surface area (Å²) < 4.78 is 18.1. The number of carbonyl (C=O) groups is 2. The van der Waals surface area contributed by atoms with Crippen molar-refractivity contribution in [3.05, 3.63) is 86.8 Å². The van der Waals surface area contributed by atoms with Gasteiger partial charge >= 0.3 is 0 Å². The molecule has 2 amide bonds. The molecule has 0 radical (unpaired) electrons. The molecule has 0 aliphatic rings. The van der Waals surface area contributed by atoms with Crippen molar-refractivity contribution in [1.82, 2.24) is 10.7 Å². The lowest BCUT2D eigenvalue weighted by Crippen LogP contribution is -2.47. The van der Waals surface area contributed by atoms with E-state index in [0.29, 0.717) is 51.9 Å². The molecule has 0 aromatic heterocycles. The molecule has 8 nitrogen and oxygen atoms in total. The third-order valence-corrected chi connectivity index (χ3v) is 6.67.